The summed E-state index contributed by atoms with van der Waals surface area (Å²) in [6, 6.07) is 12.4. The Morgan fingerprint density at radius 1 is 0.900 bits per heavy atom. The summed E-state index contributed by atoms with van der Waals surface area (Å²) in [4.78, 5) is 13.4. The fourth-order valence-electron chi connectivity index (χ4n) is 4.93. The zero-order chi connectivity index (χ0) is 21.4. The van der Waals surface area contributed by atoms with Crippen molar-refractivity contribution in [2.75, 3.05) is 7.11 Å². The monoisotopic (exact) mass is 402 g/mol. The third kappa shape index (κ3) is 3.36. The molecule has 0 amide bonds. The molecule has 0 spiro atoms. The number of ether oxygens (including phenoxy) is 2. The number of hydrogen-bond donors (Lipinski definition) is 0. The summed E-state index contributed by atoms with van der Waals surface area (Å²) < 4.78 is 11.5. The number of methoxy groups -OCH3 is 1. The molecule has 1 aliphatic rings. The van der Waals surface area contributed by atoms with E-state index in [9.17, 15) is 4.79 Å². The lowest BCUT2D eigenvalue weighted by Crippen LogP contribution is -2.19. The second-order valence-electron chi connectivity index (χ2n) is 8.48. The van der Waals surface area contributed by atoms with Crippen molar-refractivity contribution in [3.63, 3.8) is 0 Å². The summed E-state index contributed by atoms with van der Waals surface area (Å²) in [7, 11) is 1.69. The summed E-state index contributed by atoms with van der Waals surface area (Å²) in [5.74, 6) is 0.537. The molecule has 0 aliphatic heterocycles. The van der Waals surface area contributed by atoms with Gasteiger partial charge in [-0.2, -0.15) is 0 Å². The Bertz CT molecular complexity index is 1120. The van der Waals surface area contributed by atoms with Crippen molar-refractivity contribution in [2.24, 2.45) is 0 Å². The minimum absolute atomic E-state index is 0.171. The van der Waals surface area contributed by atoms with E-state index in [0.717, 1.165) is 46.1 Å². The first-order valence-electron chi connectivity index (χ1n) is 10.9. The lowest BCUT2D eigenvalue weighted by atomic mass is 9.78. The lowest BCUT2D eigenvalue weighted by Gasteiger charge is -2.27. The highest BCUT2D eigenvalue weighted by molar-refractivity contribution is 6.08. The van der Waals surface area contributed by atoms with E-state index < -0.39 is 0 Å². The van der Waals surface area contributed by atoms with Gasteiger partial charge in [0.1, 0.15) is 5.75 Å². The molecule has 4 rings (SSSR count). The minimum atomic E-state index is -0.246. The molecule has 0 heterocycles. The quantitative estimate of drug-likeness (QED) is 0.463. The lowest BCUT2D eigenvalue weighted by molar-refractivity contribution is 0.0377. The molecule has 0 aromatic heterocycles. The fourth-order valence-corrected chi connectivity index (χ4v) is 4.93. The van der Waals surface area contributed by atoms with Crippen LogP contribution in [-0.2, 0) is 17.6 Å². The van der Waals surface area contributed by atoms with Crippen LogP contribution >= 0.6 is 0 Å². The van der Waals surface area contributed by atoms with Crippen LogP contribution in [-0.4, -0.2) is 19.2 Å². The molecule has 0 N–H and O–H groups in total. The van der Waals surface area contributed by atoms with E-state index in [1.54, 1.807) is 7.11 Å². The Morgan fingerprint density at radius 2 is 1.57 bits per heavy atom. The zero-order valence-corrected chi connectivity index (χ0v) is 18.6. The van der Waals surface area contributed by atoms with Gasteiger partial charge in [0.05, 0.1) is 18.8 Å². The van der Waals surface area contributed by atoms with Crippen LogP contribution in [0.1, 0.15) is 59.3 Å². The number of carbonyl (C=O) groups is 1. The van der Waals surface area contributed by atoms with Crippen molar-refractivity contribution < 1.29 is 14.3 Å². The summed E-state index contributed by atoms with van der Waals surface area (Å²) in [6.07, 6.45) is 4.27. The van der Waals surface area contributed by atoms with Crippen LogP contribution in [0.4, 0.5) is 0 Å². The Morgan fingerprint density at radius 3 is 2.23 bits per heavy atom. The van der Waals surface area contributed by atoms with Gasteiger partial charge < -0.3 is 9.47 Å². The maximum Gasteiger partial charge on any atom is 0.339 e. The Kier molecular flexibility index (Phi) is 5.55. The summed E-state index contributed by atoms with van der Waals surface area (Å²) in [6.45, 7) is 8.04. The van der Waals surface area contributed by atoms with Gasteiger partial charge >= 0.3 is 5.97 Å². The highest BCUT2D eigenvalue weighted by atomic mass is 16.5. The smallest absolute Gasteiger partial charge is 0.339 e. The summed E-state index contributed by atoms with van der Waals surface area (Å²) in [5.41, 5.74) is 7.61. The SMILES string of the molecule is COc1ccc2ccccc2c1-c1c(C)c2c(c(C)c1C(=O)OC(C)C)CCCC2. The van der Waals surface area contributed by atoms with Gasteiger partial charge in [0, 0.05) is 11.1 Å². The van der Waals surface area contributed by atoms with Crippen molar-refractivity contribution in [1.82, 2.24) is 0 Å². The molecule has 156 valence electrons. The Hall–Kier alpha value is -2.81. The number of carbonyl (C=O) groups excluding carboxylic acids is 1. The van der Waals surface area contributed by atoms with E-state index >= 15 is 0 Å². The minimum Gasteiger partial charge on any atom is -0.496 e. The summed E-state index contributed by atoms with van der Waals surface area (Å²) >= 11 is 0. The van der Waals surface area contributed by atoms with Gasteiger partial charge in [0.15, 0.2) is 0 Å². The van der Waals surface area contributed by atoms with Gasteiger partial charge in [-0.1, -0.05) is 30.3 Å². The van der Waals surface area contributed by atoms with Crippen molar-refractivity contribution in [3.8, 4) is 16.9 Å². The zero-order valence-electron chi connectivity index (χ0n) is 18.6. The molecule has 3 aromatic carbocycles. The molecule has 0 bridgehead atoms. The highest BCUT2D eigenvalue weighted by Crippen LogP contribution is 2.45. The maximum atomic E-state index is 13.4. The Labute approximate surface area is 179 Å². The molecule has 3 nitrogen and oxygen atoms in total. The molecule has 30 heavy (non-hydrogen) atoms. The Balaban J connectivity index is 2.14. The van der Waals surface area contributed by atoms with Gasteiger partial charge in [0.2, 0.25) is 0 Å². The van der Waals surface area contributed by atoms with Gasteiger partial charge in [-0.05, 0) is 92.5 Å². The van der Waals surface area contributed by atoms with Crippen molar-refractivity contribution >= 4 is 16.7 Å². The molecule has 0 atom stereocenters. The van der Waals surface area contributed by atoms with Crippen LogP contribution < -0.4 is 4.74 Å². The first-order valence-corrected chi connectivity index (χ1v) is 10.9. The predicted molar refractivity (Wildman–Crippen MR) is 123 cm³/mol. The van der Waals surface area contributed by atoms with Gasteiger partial charge in [-0.25, -0.2) is 4.79 Å². The third-order valence-corrected chi connectivity index (χ3v) is 6.28. The number of rotatable bonds is 4. The number of hydrogen-bond acceptors (Lipinski definition) is 3. The van der Waals surface area contributed by atoms with Crippen molar-refractivity contribution in [2.45, 2.75) is 59.5 Å². The molecule has 1 aliphatic carbocycles. The molecular formula is C27H30O3. The van der Waals surface area contributed by atoms with Gasteiger partial charge in [-0.3, -0.25) is 0 Å². The topological polar surface area (TPSA) is 35.5 Å². The van der Waals surface area contributed by atoms with Crippen molar-refractivity contribution in [3.05, 3.63) is 64.2 Å². The van der Waals surface area contributed by atoms with E-state index in [1.165, 1.54) is 29.5 Å². The predicted octanol–water partition coefficient (Wildman–Crippen LogP) is 6.58. The fraction of sp³-hybridized carbons (Fsp3) is 0.370. The van der Waals surface area contributed by atoms with Crippen molar-refractivity contribution in [1.29, 1.82) is 0 Å². The average molecular weight is 403 g/mol. The van der Waals surface area contributed by atoms with Crippen LogP contribution in [0.15, 0.2) is 36.4 Å². The number of benzene rings is 3. The van der Waals surface area contributed by atoms with Crippen LogP contribution in [0.2, 0.25) is 0 Å². The standard InChI is InChI=1S/C27H30O3/c1-16(2)30-27(28)25-18(4)21-12-9-8-11-20(21)17(3)24(25)26-22-13-7-6-10-19(22)14-15-23(26)29-5/h6-7,10,13-16H,8-9,11-12H2,1-5H3. The summed E-state index contributed by atoms with van der Waals surface area (Å²) in [5, 5.41) is 2.22. The number of esters is 1. The third-order valence-electron chi connectivity index (χ3n) is 6.28. The molecule has 3 heteroatoms. The van der Waals surface area contributed by atoms with Gasteiger partial charge in [0.25, 0.3) is 0 Å². The molecule has 3 aromatic rings. The second kappa shape index (κ2) is 8.14. The average Bonchev–Trinajstić information content (AvgIpc) is 2.75. The number of fused-ring (bicyclic) bond motifs is 2. The molecular weight excluding hydrogens is 372 g/mol. The highest BCUT2D eigenvalue weighted by Gasteiger charge is 2.29. The normalized spacial score (nSPS) is 13.4. The molecule has 0 fully saturated rings. The first-order chi connectivity index (χ1) is 14.4. The van der Waals surface area contributed by atoms with Crippen LogP contribution in [0.25, 0.3) is 21.9 Å². The van der Waals surface area contributed by atoms with Crippen LogP contribution in [0, 0.1) is 13.8 Å². The molecule has 0 unspecified atom stereocenters. The van der Waals surface area contributed by atoms with Gasteiger partial charge in [-0.15, -0.1) is 0 Å². The van der Waals surface area contributed by atoms with E-state index in [1.807, 2.05) is 32.0 Å². The van der Waals surface area contributed by atoms with E-state index in [2.05, 4.69) is 32.0 Å². The largest absolute Gasteiger partial charge is 0.496 e. The molecule has 0 saturated carbocycles. The van der Waals surface area contributed by atoms with Crippen LogP contribution in [0.3, 0.4) is 0 Å². The van der Waals surface area contributed by atoms with E-state index in [-0.39, 0.29) is 12.1 Å². The molecule has 0 saturated heterocycles. The second-order valence-corrected chi connectivity index (χ2v) is 8.48. The molecule has 0 radical (unpaired) electrons. The maximum absolute atomic E-state index is 13.4. The van der Waals surface area contributed by atoms with Crippen LogP contribution in [0.5, 0.6) is 5.75 Å². The first kappa shape index (κ1) is 20.5. The van der Waals surface area contributed by atoms with E-state index in [0.29, 0.717) is 5.56 Å². The van der Waals surface area contributed by atoms with E-state index in [4.69, 9.17) is 9.47 Å².